The number of methoxy groups -OCH3 is 1. The molecule has 0 bridgehead atoms. The lowest BCUT2D eigenvalue weighted by Gasteiger charge is -2.12. The van der Waals surface area contributed by atoms with Crippen LogP contribution >= 0.6 is 0 Å². The molecule has 2 aromatic carbocycles. The molecule has 0 aliphatic rings. The summed E-state index contributed by atoms with van der Waals surface area (Å²) in [6.45, 7) is 3.20. The van der Waals surface area contributed by atoms with Crippen molar-refractivity contribution in [2.75, 3.05) is 12.4 Å². The topological polar surface area (TPSA) is 90.7 Å². The molecule has 3 aromatic rings. The lowest BCUT2D eigenvalue weighted by atomic mass is 10.1. The van der Waals surface area contributed by atoms with Crippen LogP contribution in [0.1, 0.15) is 23.0 Å². The van der Waals surface area contributed by atoms with E-state index in [-0.39, 0.29) is 5.82 Å². The van der Waals surface area contributed by atoms with E-state index >= 15 is 0 Å². The van der Waals surface area contributed by atoms with Gasteiger partial charge in [0, 0.05) is 6.07 Å². The highest BCUT2D eigenvalue weighted by Crippen LogP contribution is 2.22. The summed E-state index contributed by atoms with van der Waals surface area (Å²) >= 11 is 0. The number of anilines is 1. The minimum atomic E-state index is -0.980. The van der Waals surface area contributed by atoms with Crippen LogP contribution in [0, 0.1) is 6.92 Å². The molecular weight excluding hydrogens is 336 g/mol. The lowest BCUT2D eigenvalue weighted by molar-refractivity contribution is -0.123. The van der Waals surface area contributed by atoms with Crippen molar-refractivity contribution in [3.63, 3.8) is 0 Å². The number of nitrogens with zero attached hydrogens (tertiary/aromatic N) is 1. The van der Waals surface area contributed by atoms with E-state index in [2.05, 4.69) is 10.5 Å². The molecule has 0 aliphatic heterocycles. The summed E-state index contributed by atoms with van der Waals surface area (Å²) < 4.78 is 15.3. The Morgan fingerprint density at radius 1 is 1.12 bits per heavy atom. The number of esters is 1. The van der Waals surface area contributed by atoms with Crippen LogP contribution in [0.3, 0.4) is 0 Å². The summed E-state index contributed by atoms with van der Waals surface area (Å²) in [6.07, 6.45) is -0.980. The highest BCUT2D eigenvalue weighted by atomic mass is 16.5. The fraction of sp³-hybridized carbons (Fsp3) is 0.211. The van der Waals surface area contributed by atoms with Gasteiger partial charge in [0.2, 0.25) is 0 Å². The number of rotatable bonds is 5. The van der Waals surface area contributed by atoms with Gasteiger partial charge in [0.1, 0.15) is 11.5 Å². The number of aryl methyl sites for hydroxylation is 1. The van der Waals surface area contributed by atoms with Crippen molar-refractivity contribution < 1.29 is 23.6 Å². The second kappa shape index (κ2) is 7.26. The number of aromatic nitrogens is 1. The molecule has 1 aromatic heterocycles. The van der Waals surface area contributed by atoms with Gasteiger partial charge in [-0.2, -0.15) is 0 Å². The maximum absolute atomic E-state index is 12.3. The zero-order valence-corrected chi connectivity index (χ0v) is 14.6. The van der Waals surface area contributed by atoms with Crippen LogP contribution in [-0.2, 0) is 9.53 Å². The van der Waals surface area contributed by atoms with Crippen molar-refractivity contribution in [3.8, 4) is 5.75 Å². The molecular formula is C19H18N2O5. The first-order valence-electron chi connectivity index (χ1n) is 7.99. The number of benzene rings is 2. The van der Waals surface area contributed by atoms with E-state index < -0.39 is 18.0 Å². The third kappa shape index (κ3) is 3.83. The predicted molar refractivity (Wildman–Crippen MR) is 95.2 cm³/mol. The SMILES string of the molecule is COc1ccc2cc(C(=O)O[C@@H](C)C(=O)Nc3cc(C)on3)ccc2c1. The van der Waals surface area contributed by atoms with Crippen LogP contribution in [0.2, 0.25) is 0 Å². The molecule has 1 atom stereocenters. The number of hydrogen-bond acceptors (Lipinski definition) is 6. The highest BCUT2D eigenvalue weighted by Gasteiger charge is 2.20. The van der Waals surface area contributed by atoms with Crippen molar-refractivity contribution in [1.29, 1.82) is 0 Å². The van der Waals surface area contributed by atoms with Gasteiger partial charge in [-0.25, -0.2) is 4.79 Å². The van der Waals surface area contributed by atoms with E-state index in [1.54, 1.807) is 38.3 Å². The number of carbonyl (C=O) groups is 2. The second-order valence-corrected chi connectivity index (χ2v) is 5.79. The number of nitrogens with one attached hydrogen (secondary N) is 1. The number of amides is 1. The van der Waals surface area contributed by atoms with Crippen LogP contribution in [0.25, 0.3) is 10.8 Å². The molecule has 3 rings (SSSR count). The normalized spacial score (nSPS) is 11.8. The van der Waals surface area contributed by atoms with Crippen molar-refractivity contribution in [3.05, 3.63) is 53.8 Å². The van der Waals surface area contributed by atoms with Crippen LogP contribution in [0.15, 0.2) is 47.0 Å². The summed E-state index contributed by atoms with van der Waals surface area (Å²) in [6, 6.07) is 12.3. The maximum Gasteiger partial charge on any atom is 0.338 e. The summed E-state index contributed by atoms with van der Waals surface area (Å²) in [5, 5.41) is 8.00. The summed E-state index contributed by atoms with van der Waals surface area (Å²) in [5.74, 6) is 0.507. The van der Waals surface area contributed by atoms with Crippen molar-refractivity contribution in [2.24, 2.45) is 0 Å². The zero-order chi connectivity index (χ0) is 18.7. The zero-order valence-electron chi connectivity index (χ0n) is 14.6. The molecule has 1 heterocycles. The first-order valence-corrected chi connectivity index (χ1v) is 7.99. The van der Waals surface area contributed by atoms with Crippen molar-refractivity contribution >= 4 is 28.5 Å². The molecule has 0 fully saturated rings. The molecule has 0 saturated heterocycles. The van der Waals surface area contributed by atoms with E-state index in [4.69, 9.17) is 14.0 Å². The van der Waals surface area contributed by atoms with Gasteiger partial charge in [-0.1, -0.05) is 17.3 Å². The van der Waals surface area contributed by atoms with Gasteiger partial charge in [-0.05, 0) is 48.9 Å². The van der Waals surface area contributed by atoms with Gasteiger partial charge in [-0.3, -0.25) is 4.79 Å². The number of hydrogen-bond donors (Lipinski definition) is 1. The predicted octanol–water partition coefficient (Wildman–Crippen LogP) is 3.33. The minimum Gasteiger partial charge on any atom is -0.497 e. The van der Waals surface area contributed by atoms with Gasteiger partial charge in [0.15, 0.2) is 11.9 Å². The Morgan fingerprint density at radius 2 is 1.85 bits per heavy atom. The average Bonchev–Trinajstić information content (AvgIpc) is 3.05. The average molecular weight is 354 g/mol. The highest BCUT2D eigenvalue weighted by molar-refractivity contribution is 5.99. The van der Waals surface area contributed by atoms with Gasteiger partial charge in [-0.15, -0.1) is 0 Å². The molecule has 7 heteroatoms. The third-order valence-corrected chi connectivity index (χ3v) is 3.82. The minimum absolute atomic E-state index is 0.273. The molecule has 1 amide bonds. The van der Waals surface area contributed by atoms with Crippen molar-refractivity contribution in [1.82, 2.24) is 5.16 Å². The van der Waals surface area contributed by atoms with Crippen LogP contribution < -0.4 is 10.1 Å². The third-order valence-electron chi connectivity index (χ3n) is 3.82. The van der Waals surface area contributed by atoms with Gasteiger partial charge in [0.25, 0.3) is 5.91 Å². The van der Waals surface area contributed by atoms with Gasteiger partial charge >= 0.3 is 5.97 Å². The van der Waals surface area contributed by atoms with E-state index in [0.29, 0.717) is 11.3 Å². The second-order valence-electron chi connectivity index (χ2n) is 5.79. The standard InChI is InChI=1S/C19H18N2O5/c1-11-8-17(21-26-11)20-18(22)12(2)25-19(23)15-5-4-14-10-16(24-3)7-6-13(14)9-15/h4-10,12H,1-3H3,(H,20,21,22)/t12-/m0/s1. The number of ether oxygens (including phenoxy) is 2. The van der Waals surface area contributed by atoms with E-state index in [0.717, 1.165) is 16.5 Å². The molecule has 0 aliphatic carbocycles. The summed E-state index contributed by atoms with van der Waals surface area (Å²) in [4.78, 5) is 24.4. The summed E-state index contributed by atoms with van der Waals surface area (Å²) in [5.41, 5.74) is 0.361. The van der Waals surface area contributed by atoms with Crippen LogP contribution in [-0.4, -0.2) is 30.2 Å². The number of carbonyl (C=O) groups excluding carboxylic acids is 2. The van der Waals surface area contributed by atoms with E-state index in [1.807, 2.05) is 18.2 Å². The Balaban J connectivity index is 1.68. The molecule has 0 radical (unpaired) electrons. The molecule has 1 N–H and O–H groups in total. The van der Waals surface area contributed by atoms with E-state index in [9.17, 15) is 9.59 Å². The van der Waals surface area contributed by atoms with E-state index in [1.165, 1.54) is 6.92 Å². The summed E-state index contributed by atoms with van der Waals surface area (Å²) in [7, 11) is 1.60. The Bertz CT molecular complexity index is 963. The quantitative estimate of drug-likeness (QED) is 0.707. The Hall–Kier alpha value is -3.35. The van der Waals surface area contributed by atoms with Crippen molar-refractivity contribution in [2.45, 2.75) is 20.0 Å². The molecule has 7 nitrogen and oxygen atoms in total. The van der Waals surface area contributed by atoms with Crippen LogP contribution in [0.5, 0.6) is 5.75 Å². The Kier molecular flexibility index (Phi) is 4.88. The van der Waals surface area contributed by atoms with Gasteiger partial charge in [0.05, 0.1) is 12.7 Å². The molecule has 26 heavy (non-hydrogen) atoms. The molecule has 0 unspecified atom stereocenters. The molecule has 134 valence electrons. The monoisotopic (exact) mass is 354 g/mol. The smallest absolute Gasteiger partial charge is 0.338 e. The maximum atomic E-state index is 12.3. The fourth-order valence-corrected chi connectivity index (χ4v) is 2.41. The molecule has 0 saturated carbocycles. The fourth-order valence-electron chi connectivity index (χ4n) is 2.41. The Morgan fingerprint density at radius 3 is 2.54 bits per heavy atom. The first kappa shape index (κ1) is 17.5. The first-order chi connectivity index (χ1) is 12.5. The van der Waals surface area contributed by atoms with Crippen LogP contribution in [0.4, 0.5) is 5.82 Å². The largest absolute Gasteiger partial charge is 0.497 e. The van der Waals surface area contributed by atoms with Gasteiger partial charge < -0.3 is 19.3 Å². The number of fused-ring (bicyclic) bond motifs is 1. The lowest BCUT2D eigenvalue weighted by Crippen LogP contribution is -2.30. The Labute approximate surface area is 149 Å². The molecule has 0 spiro atoms.